The fourth-order valence-corrected chi connectivity index (χ4v) is 2.91. The molecule has 3 rings (SSSR count). The minimum atomic E-state index is 0. The van der Waals surface area contributed by atoms with Gasteiger partial charge in [0.2, 0.25) is 5.69 Å². The molecule has 2 aromatic carbocycles. The van der Waals surface area contributed by atoms with E-state index in [0.29, 0.717) is 0 Å². The van der Waals surface area contributed by atoms with Gasteiger partial charge in [-0.25, -0.2) is 5.84 Å². The summed E-state index contributed by atoms with van der Waals surface area (Å²) in [7, 11) is 0. The molecule has 0 unspecified atom stereocenters. The summed E-state index contributed by atoms with van der Waals surface area (Å²) in [6, 6.07) is 24.9. The molecular formula is C18H17IN2S. The zero-order valence-corrected chi connectivity index (χ0v) is 15.2. The first-order chi connectivity index (χ1) is 10.3. The molecule has 22 heavy (non-hydrogen) atoms. The zero-order chi connectivity index (χ0) is 14.7. The lowest BCUT2D eigenvalue weighted by Crippen LogP contribution is -3.00. The Balaban J connectivity index is 0.00000176. The second-order valence-electron chi connectivity index (χ2n) is 4.77. The molecule has 0 amide bonds. The molecule has 2 nitrogen and oxygen atoms in total. The summed E-state index contributed by atoms with van der Waals surface area (Å²) in [5, 5.41) is 1.04. The van der Waals surface area contributed by atoms with Crippen LogP contribution < -0.4 is 34.5 Å². The maximum absolute atomic E-state index is 6.27. The van der Waals surface area contributed by atoms with Gasteiger partial charge in [0.05, 0.1) is 0 Å². The Kier molecular flexibility index (Phi) is 5.85. The van der Waals surface area contributed by atoms with Crippen LogP contribution in [0.5, 0.6) is 0 Å². The van der Waals surface area contributed by atoms with Gasteiger partial charge in [-0.2, -0.15) is 0 Å². The van der Waals surface area contributed by atoms with Gasteiger partial charge in [0.25, 0.3) is 5.03 Å². The van der Waals surface area contributed by atoms with Crippen LogP contribution in [0.1, 0.15) is 0 Å². The van der Waals surface area contributed by atoms with Crippen LogP contribution in [0.25, 0.3) is 22.4 Å². The minimum Gasteiger partial charge on any atom is -1.00 e. The molecule has 0 saturated carbocycles. The van der Waals surface area contributed by atoms with E-state index in [1.54, 1.807) is 16.4 Å². The van der Waals surface area contributed by atoms with Gasteiger partial charge in [0, 0.05) is 17.7 Å². The largest absolute Gasteiger partial charge is 1.00 e. The van der Waals surface area contributed by atoms with Gasteiger partial charge in [0.1, 0.15) is 0 Å². The van der Waals surface area contributed by atoms with Crippen LogP contribution in [0, 0.1) is 0 Å². The van der Waals surface area contributed by atoms with Gasteiger partial charge < -0.3 is 24.0 Å². The minimum absolute atomic E-state index is 0. The highest BCUT2D eigenvalue weighted by Gasteiger charge is 2.18. The summed E-state index contributed by atoms with van der Waals surface area (Å²) in [6.07, 6.45) is 2.04. The van der Waals surface area contributed by atoms with E-state index in [0.717, 1.165) is 16.3 Å². The topological polar surface area (TPSA) is 29.9 Å². The summed E-state index contributed by atoms with van der Waals surface area (Å²) in [5.41, 5.74) is 4.51. The maximum atomic E-state index is 6.27. The third kappa shape index (κ3) is 3.44. The molecule has 4 heteroatoms. The third-order valence-corrected chi connectivity index (χ3v) is 4.19. The SMILES string of the molecule is CSc1cc(-c2ccccc2)cc(-c2ccccc2)[n+]1N.[I-]. The number of rotatable bonds is 3. The predicted molar refractivity (Wildman–Crippen MR) is 89.4 cm³/mol. The standard InChI is InChI=1S/C18H17N2S.HI/c1-21-18-13-16(14-8-4-2-5-9-14)12-17(20(18)19)15-10-6-3-7-11-15;/h2-13H,19H2,1H3;1H/q+1;/p-1. The molecule has 0 saturated heterocycles. The summed E-state index contributed by atoms with van der Waals surface area (Å²) in [6.45, 7) is 0. The van der Waals surface area contributed by atoms with Gasteiger partial charge >= 0.3 is 0 Å². The normalized spacial score (nSPS) is 10.0. The Hall–Kier alpha value is -1.53. The van der Waals surface area contributed by atoms with Gasteiger partial charge in [-0.05, 0) is 29.5 Å². The van der Waals surface area contributed by atoms with Gasteiger partial charge in [0.15, 0.2) is 0 Å². The average molecular weight is 420 g/mol. The molecule has 2 N–H and O–H groups in total. The fourth-order valence-electron chi connectivity index (χ4n) is 2.37. The number of benzene rings is 2. The Bertz CT molecular complexity index is 746. The lowest BCUT2D eigenvalue weighted by atomic mass is 10.0. The van der Waals surface area contributed by atoms with E-state index in [-0.39, 0.29) is 24.0 Å². The Morgan fingerprint density at radius 2 is 1.32 bits per heavy atom. The number of thioether (sulfide) groups is 1. The van der Waals surface area contributed by atoms with Gasteiger partial charge in [-0.15, -0.1) is 0 Å². The van der Waals surface area contributed by atoms with Crippen molar-refractivity contribution in [1.29, 1.82) is 0 Å². The smallest absolute Gasteiger partial charge is 0.270 e. The predicted octanol–water partition coefficient (Wildman–Crippen LogP) is 0.748. The lowest BCUT2D eigenvalue weighted by Gasteiger charge is -2.07. The van der Waals surface area contributed by atoms with Crippen molar-refractivity contribution in [2.75, 3.05) is 12.1 Å². The number of aromatic nitrogens is 1. The summed E-state index contributed by atoms with van der Waals surface area (Å²) in [4.78, 5) is 0. The Morgan fingerprint density at radius 1 is 0.773 bits per heavy atom. The second kappa shape index (κ2) is 7.65. The van der Waals surface area contributed by atoms with E-state index in [9.17, 15) is 0 Å². The molecule has 0 aliphatic heterocycles. The van der Waals surface area contributed by atoms with E-state index in [2.05, 4.69) is 48.5 Å². The van der Waals surface area contributed by atoms with Gasteiger partial charge in [-0.1, -0.05) is 65.0 Å². The summed E-state index contributed by atoms with van der Waals surface area (Å²) in [5.74, 6) is 6.27. The summed E-state index contributed by atoms with van der Waals surface area (Å²) < 4.78 is 1.76. The van der Waals surface area contributed by atoms with Crippen LogP contribution in [-0.4, -0.2) is 6.26 Å². The lowest BCUT2D eigenvalue weighted by molar-refractivity contribution is -0.666. The molecule has 0 radical (unpaired) electrons. The van der Waals surface area contributed by atoms with Crippen LogP contribution in [0.15, 0.2) is 77.8 Å². The number of nitrogen functional groups attached to an aromatic ring is 1. The third-order valence-electron chi connectivity index (χ3n) is 3.45. The second-order valence-corrected chi connectivity index (χ2v) is 5.60. The van der Waals surface area contributed by atoms with Crippen molar-refractivity contribution in [3.8, 4) is 22.4 Å². The summed E-state index contributed by atoms with van der Waals surface area (Å²) >= 11 is 1.65. The van der Waals surface area contributed by atoms with Crippen LogP contribution in [0.4, 0.5) is 0 Å². The number of pyridine rings is 1. The number of halogens is 1. The van der Waals surface area contributed by atoms with Crippen molar-refractivity contribution in [2.24, 2.45) is 0 Å². The Labute approximate surface area is 152 Å². The van der Waals surface area contributed by atoms with Crippen molar-refractivity contribution in [2.45, 2.75) is 5.03 Å². The molecule has 112 valence electrons. The highest BCUT2D eigenvalue weighted by atomic mass is 127. The molecule has 0 atom stereocenters. The highest BCUT2D eigenvalue weighted by molar-refractivity contribution is 7.98. The van der Waals surface area contributed by atoms with E-state index in [1.807, 2.05) is 30.5 Å². The first kappa shape index (κ1) is 16.8. The van der Waals surface area contributed by atoms with Crippen LogP contribution in [-0.2, 0) is 0 Å². The zero-order valence-electron chi connectivity index (χ0n) is 12.2. The van der Waals surface area contributed by atoms with Crippen LogP contribution >= 0.6 is 11.8 Å². The van der Waals surface area contributed by atoms with E-state index < -0.39 is 0 Å². The van der Waals surface area contributed by atoms with Crippen molar-refractivity contribution < 1.29 is 28.7 Å². The van der Waals surface area contributed by atoms with Crippen molar-refractivity contribution >= 4 is 11.8 Å². The number of hydrogen-bond acceptors (Lipinski definition) is 2. The monoisotopic (exact) mass is 420 g/mol. The highest BCUT2D eigenvalue weighted by Crippen LogP contribution is 2.26. The van der Waals surface area contributed by atoms with Crippen LogP contribution in [0.2, 0.25) is 0 Å². The van der Waals surface area contributed by atoms with Crippen LogP contribution in [0.3, 0.4) is 0 Å². The molecule has 1 heterocycles. The number of nitrogens with two attached hydrogens (primary N) is 1. The molecule has 0 aliphatic carbocycles. The molecular weight excluding hydrogens is 403 g/mol. The van der Waals surface area contributed by atoms with Gasteiger partial charge in [-0.3, -0.25) is 0 Å². The van der Waals surface area contributed by atoms with Crippen molar-refractivity contribution in [3.63, 3.8) is 0 Å². The van der Waals surface area contributed by atoms with Crippen molar-refractivity contribution in [1.82, 2.24) is 0 Å². The first-order valence-corrected chi connectivity index (χ1v) is 8.02. The average Bonchev–Trinajstić information content (AvgIpc) is 2.56. The first-order valence-electron chi connectivity index (χ1n) is 6.79. The molecule has 0 spiro atoms. The Morgan fingerprint density at radius 3 is 1.86 bits per heavy atom. The van der Waals surface area contributed by atoms with Crippen molar-refractivity contribution in [3.05, 3.63) is 72.8 Å². The molecule has 1 aromatic heterocycles. The molecule has 0 aliphatic rings. The molecule has 3 aromatic rings. The molecule has 0 bridgehead atoms. The van der Waals surface area contributed by atoms with E-state index >= 15 is 0 Å². The molecule has 0 fully saturated rings. The maximum Gasteiger partial charge on any atom is 0.270 e. The van der Waals surface area contributed by atoms with E-state index in [1.165, 1.54) is 11.1 Å². The fraction of sp³-hybridized carbons (Fsp3) is 0.0556. The van der Waals surface area contributed by atoms with E-state index in [4.69, 9.17) is 5.84 Å². The quantitative estimate of drug-likeness (QED) is 0.294. The number of hydrogen-bond donors (Lipinski definition) is 1. The number of nitrogens with zero attached hydrogens (tertiary/aromatic N) is 1.